The van der Waals surface area contributed by atoms with E-state index in [9.17, 15) is 9.59 Å². The molecule has 162 valence electrons. The zero-order valence-corrected chi connectivity index (χ0v) is 16.4. The van der Waals surface area contributed by atoms with Crippen molar-refractivity contribution in [2.75, 3.05) is 59.4 Å². The number of nitrogens with one attached hydrogen (secondary N) is 1. The van der Waals surface area contributed by atoms with Crippen molar-refractivity contribution in [3.8, 4) is 0 Å². The molecule has 0 fully saturated rings. The Morgan fingerprint density at radius 1 is 0.857 bits per heavy atom. The first-order valence-electron chi connectivity index (χ1n) is 9.80. The number of rotatable bonds is 15. The summed E-state index contributed by atoms with van der Waals surface area (Å²) in [7, 11) is 0. The van der Waals surface area contributed by atoms with E-state index in [0.29, 0.717) is 46.2 Å². The number of hydrogen-bond acceptors (Lipinski definition) is 7. The molecular formula is C19H33NO8. The molecule has 1 amide bonds. The van der Waals surface area contributed by atoms with E-state index in [1.54, 1.807) is 0 Å². The molecule has 9 heteroatoms. The lowest BCUT2D eigenvalue weighted by Gasteiger charge is -2.18. The number of carboxylic acid groups (broad SMARTS) is 1. The molecule has 0 aliphatic heterocycles. The fourth-order valence-corrected chi connectivity index (χ4v) is 2.48. The third-order valence-electron chi connectivity index (χ3n) is 3.85. The van der Waals surface area contributed by atoms with Crippen LogP contribution in [-0.4, -0.2) is 82.7 Å². The summed E-state index contributed by atoms with van der Waals surface area (Å²) in [5, 5.41) is 11.1. The largest absolute Gasteiger partial charge is 0.480 e. The van der Waals surface area contributed by atoms with Gasteiger partial charge in [0.1, 0.15) is 12.7 Å². The highest BCUT2D eigenvalue weighted by atomic mass is 16.6. The van der Waals surface area contributed by atoms with Gasteiger partial charge in [0.25, 0.3) is 0 Å². The van der Waals surface area contributed by atoms with Gasteiger partial charge in [-0.1, -0.05) is 12.2 Å². The molecule has 1 atom stereocenters. The zero-order chi connectivity index (χ0) is 20.3. The fourth-order valence-electron chi connectivity index (χ4n) is 2.48. The highest BCUT2D eigenvalue weighted by Crippen LogP contribution is 2.15. The van der Waals surface area contributed by atoms with Crippen LogP contribution in [0.3, 0.4) is 0 Å². The van der Waals surface area contributed by atoms with Gasteiger partial charge in [0.2, 0.25) is 0 Å². The Morgan fingerprint density at radius 2 is 1.46 bits per heavy atom. The van der Waals surface area contributed by atoms with Crippen molar-refractivity contribution < 1.29 is 38.4 Å². The predicted molar refractivity (Wildman–Crippen MR) is 101 cm³/mol. The van der Waals surface area contributed by atoms with Crippen LogP contribution in [0.1, 0.15) is 32.1 Å². The van der Waals surface area contributed by atoms with Crippen LogP contribution in [0.5, 0.6) is 0 Å². The minimum absolute atomic E-state index is 0.00906. The van der Waals surface area contributed by atoms with E-state index in [2.05, 4.69) is 17.5 Å². The second-order valence-electron chi connectivity index (χ2n) is 6.22. The molecule has 0 heterocycles. The average molecular weight is 403 g/mol. The SMILES string of the molecule is O=C(O)COCCOCCOCCOCCNC(=O)OC1CC/C=C/CCC1. The maximum Gasteiger partial charge on any atom is 0.407 e. The van der Waals surface area contributed by atoms with E-state index in [1.807, 2.05) is 0 Å². The summed E-state index contributed by atoms with van der Waals surface area (Å²) in [5.41, 5.74) is 0. The second-order valence-corrected chi connectivity index (χ2v) is 6.22. The van der Waals surface area contributed by atoms with Crippen LogP contribution >= 0.6 is 0 Å². The zero-order valence-electron chi connectivity index (χ0n) is 16.4. The summed E-state index contributed by atoms with van der Waals surface area (Å²) in [6.45, 7) is 2.71. The molecule has 9 nitrogen and oxygen atoms in total. The molecular weight excluding hydrogens is 370 g/mol. The Labute approximate surface area is 166 Å². The van der Waals surface area contributed by atoms with Crippen molar-refractivity contribution in [3.05, 3.63) is 12.2 Å². The highest BCUT2D eigenvalue weighted by molar-refractivity contribution is 5.68. The number of carbonyl (C=O) groups is 2. The number of alkyl carbamates (subject to hydrolysis) is 1. The topological polar surface area (TPSA) is 113 Å². The van der Waals surface area contributed by atoms with E-state index in [1.165, 1.54) is 0 Å². The molecule has 0 saturated heterocycles. The predicted octanol–water partition coefficient (Wildman–Crippen LogP) is 1.75. The first kappa shape index (κ1) is 24.4. The molecule has 0 aromatic carbocycles. The van der Waals surface area contributed by atoms with E-state index in [0.717, 1.165) is 32.1 Å². The highest BCUT2D eigenvalue weighted by Gasteiger charge is 2.14. The van der Waals surface area contributed by atoms with Crippen LogP contribution < -0.4 is 5.32 Å². The van der Waals surface area contributed by atoms with Gasteiger partial charge in [-0.15, -0.1) is 0 Å². The molecule has 0 aromatic heterocycles. The van der Waals surface area contributed by atoms with Gasteiger partial charge in [-0.25, -0.2) is 9.59 Å². The van der Waals surface area contributed by atoms with Gasteiger partial charge in [0.05, 0.1) is 46.2 Å². The van der Waals surface area contributed by atoms with Crippen LogP contribution in [0.4, 0.5) is 4.79 Å². The van der Waals surface area contributed by atoms with Gasteiger partial charge in [0.15, 0.2) is 0 Å². The van der Waals surface area contributed by atoms with Crippen molar-refractivity contribution >= 4 is 12.1 Å². The Bertz CT molecular complexity index is 444. The van der Waals surface area contributed by atoms with Crippen LogP contribution in [0.15, 0.2) is 12.2 Å². The van der Waals surface area contributed by atoms with Crippen molar-refractivity contribution in [1.82, 2.24) is 5.32 Å². The van der Waals surface area contributed by atoms with Gasteiger partial charge >= 0.3 is 12.1 Å². The Hall–Kier alpha value is -1.68. The molecule has 2 N–H and O–H groups in total. The number of carbonyl (C=O) groups excluding carboxylic acids is 1. The molecule has 1 unspecified atom stereocenters. The normalized spacial score (nSPS) is 18.1. The van der Waals surface area contributed by atoms with Crippen molar-refractivity contribution in [2.45, 2.75) is 38.2 Å². The summed E-state index contributed by atoms with van der Waals surface area (Å²) < 4.78 is 26.2. The van der Waals surface area contributed by atoms with Gasteiger partial charge in [0, 0.05) is 6.54 Å². The van der Waals surface area contributed by atoms with Crippen LogP contribution in [0.25, 0.3) is 0 Å². The van der Waals surface area contributed by atoms with E-state index in [4.69, 9.17) is 28.8 Å². The molecule has 28 heavy (non-hydrogen) atoms. The van der Waals surface area contributed by atoms with E-state index < -0.39 is 5.97 Å². The molecule has 0 aromatic rings. The fraction of sp³-hybridized carbons (Fsp3) is 0.789. The number of amides is 1. The van der Waals surface area contributed by atoms with Crippen LogP contribution in [0, 0.1) is 0 Å². The summed E-state index contributed by atoms with van der Waals surface area (Å²) in [6, 6.07) is 0. The summed E-state index contributed by atoms with van der Waals surface area (Å²) in [5.74, 6) is -0.997. The van der Waals surface area contributed by atoms with Crippen molar-refractivity contribution in [2.24, 2.45) is 0 Å². The summed E-state index contributed by atoms with van der Waals surface area (Å²) in [4.78, 5) is 22.0. The van der Waals surface area contributed by atoms with Gasteiger partial charge in [-0.3, -0.25) is 0 Å². The summed E-state index contributed by atoms with van der Waals surface area (Å²) >= 11 is 0. The molecule has 1 aliphatic rings. The van der Waals surface area contributed by atoms with Gasteiger partial charge in [-0.2, -0.15) is 0 Å². The van der Waals surface area contributed by atoms with Crippen molar-refractivity contribution in [1.29, 1.82) is 0 Å². The Kier molecular flexibility index (Phi) is 15.2. The number of allylic oxidation sites excluding steroid dienone is 2. The molecule has 0 bridgehead atoms. The first-order valence-corrected chi connectivity index (χ1v) is 9.80. The lowest BCUT2D eigenvalue weighted by Crippen LogP contribution is -2.31. The number of aliphatic carboxylic acids is 1. The average Bonchev–Trinajstić information content (AvgIpc) is 2.64. The number of carboxylic acids is 1. The van der Waals surface area contributed by atoms with Crippen molar-refractivity contribution in [3.63, 3.8) is 0 Å². The van der Waals surface area contributed by atoms with Crippen LogP contribution in [0.2, 0.25) is 0 Å². The summed E-state index contributed by atoms with van der Waals surface area (Å²) in [6.07, 6.45) is 8.75. The lowest BCUT2D eigenvalue weighted by atomic mass is 10.0. The molecule has 1 aliphatic carbocycles. The minimum atomic E-state index is -0.997. The first-order chi connectivity index (χ1) is 13.7. The standard InChI is InChI=1S/C19H33NO8/c21-18(22)16-27-15-14-26-13-12-25-11-10-24-9-8-20-19(23)28-17-6-4-2-1-3-5-7-17/h1-2,17H,3-16H2,(H,20,23)(H,21,22)/b2-1+. The van der Waals surface area contributed by atoms with E-state index in [-0.39, 0.29) is 25.4 Å². The quantitative estimate of drug-likeness (QED) is 0.314. The smallest absolute Gasteiger partial charge is 0.407 e. The molecule has 0 spiro atoms. The monoisotopic (exact) mass is 403 g/mol. The van der Waals surface area contributed by atoms with E-state index >= 15 is 0 Å². The molecule has 0 radical (unpaired) electrons. The maximum atomic E-state index is 11.8. The second kappa shape index (κ2) is 17.4. The van der Waals surface area contributed by atoms with Crippen LogP contribution in [-0.2, 0) is 28.5 Å². The van der Waals surface area contributed by atoms with Gasteiger partial charge < -0.3 is 34.1 Å². The number of ether oxygens (including phenoxy) is 5. The van der Waals surface area contributed by atoms with Gasteiger partial charge in [-0.05, 0) is 32.1 Å². The Morgan fingerprint density at radius 3 is 2.14 bits per heavy atom. The lowest BCUT2D eigenvalue weighted by molar-refractivity contribution is -0.142. The third-order valence-corrected chi connectivity index (χ3v) is 3.85. The third kappa shape index (κ3) is 15.4. The maximum absolute atomic E-state index is 11.8. The molecule has 1 rings (SSSR count). The minimum Gasteiger partial charge on any atom is -0.480 e. The molecule has 0 saturated carbocycles. The Balaban J connectivity index is 1.81. The number of hydrogen-bond donors (Lipinski definition) is 2.